The average Bonchev–Trinajstić information content (AvgIpc) is 2.84. The number of carbonyl (C=O) groups excluding carboxylic acids is 2. The van der Waals surface area contributed by atoms with Crippen molar-refractivity contribution in [3.63, 3.8) is 0 Å². The van der Waals surface area contributed by atoms with Crippen molar-refractivity contribution >= 4 is 11.6 Å². The zero-order valence-electron chi connectivity index (χ0n) is 14.0. The predicted octanol–water partition coefficient (Wildman–Crippen LogP) is 4.42. The summed E-state index contributed by atoms with van der Waals surface area (Å²) in [4.78, 5) is 24.3. The van der Waals surface area contributed by atoms with Gasteiger partial charge in [-0.15, -0.1) is 6.58 Å². The molecule has 0 bridgehead atoms. The van der Waals surface area contributed by atoms with Gasteiger partial charge in [0.15, 0.2) is 5.78 Å². The smallest absolute Gasteiger partial charge is 0.178 e. The van der Waals surface area contributed by atoms with Crippen LogP contribution in [0, 0.1) is 28.6 Å². The van der Waals surface area contributed by atoms with Crippen LogP contribution >= 0.6 is 0 Å². The van der Waals surface area contributed by atoms with Crippen LogP contribution in [0.5, 0.6) is 0 Å². The summed E-state index contributed by atoms with van der Waals surface area (Å²) < 4.78 is 0. The van der Waals surface area contributed by atoms with Crippen molar-refractivity contribution in [3.05, 3.63) is 36.5 Å². The summed E-state index contributed by atoms with van der Waals surface area (Å²) in [5, 5.41) is 0. The largest absolute Gasteiger partial charge is 0.299 e. The zero-order valence-corrected chi connectivity index (χ0v) is 14.0. The van der Waals surface area contributed by atoms with E-state index in [2.05, 4.69) is 19.6 Å². The highest BCUT2D eigenvalue weighted by molar-refractivity contribution is 6.01. The maximum absolute atomic E-state index is 12.4. The molecular formula is C21H26O2. The normalized spacial score (nSPS) is 45.1. The Morgan fingerprint density at radius 2 is 2.04 bits per heavy atom. The van der Waals surface area contributed by atoms with Crippen molar-refractivity contribution < 1.29 is 9.59 Å². The molecule has 5 atom stereocenters. The molecule has 2 heteroatoms. The quantitative estimate of drug-likeness (QED) is 0.708. The van der Waals surface area contributed by atoms with Crippen molar-refractivity contribution in [2.75, 3.05) is 0 Å². The van der Waals surface area contributed by atoms with Crippen LogP contribution < -0.4 is 0 Å². The Kier molecular flexibility index (Phi) is 3.30. The Balaban J connectivity index is 1.75. The first kappa shape index (κ1) is 15.1. The number of allylic oxidation sites excluding steroid dienone is 5. The second-order valence-electron chi connectivity index (χ2n) is 8.27. The number of ketones is 2. The van der Waals surface area contributed by atoms with Gasteiger partial charge in [-0.25, -0.2) is 0 Å². The van der Waals surface area contributed by atoms with Crippen LogP contribution in [-0.2, 0) is 9.59 Å². The summed E-state index contributed by atoms with van der Waals surface area (Å²) in [5.41, 5.74) is 1.23. The average molecular weight is 310 g/mol. The van der Waals surface area contributed by atoms with Crippen LogP contribution in [0.1, 0.15) is 51.9 Å². The molecule has 23 heavy (non-hydrogen) atoms. The highest BCUT2D eigenvalue weighted by atomic mass is 16.1. The van der Waals surface area contributed by atoms with Crippen LogP contribution in [0.3, 0.4) is 0 Å². The fourth-order valence-electron chi connectivity index (χ4n) is 6.37. The summed E-state index contributed by atoms with van der Waals surface area (Å²) in [5.74, 6) is 2.36. The second-order valence-corrected chi connectivity index (χ2v) is 8.27. The van der Waals surface area contributed by atoms with Crippen molar-refractivity contribution in [2.45, 2.75) is 51.9 Å². The van der Waals surface area contributed by atoms with Gasteiger partial charge in [0.05, 0.1) is 0 Å². The number of carbonyl (C=O) groups is 2. The lowest BCUT2D eigenvalue weighted by Crippen LogP contribution is -2.50. The highest BCUT2D eigenvalue weighted by Crippen LogP contribution is 2.64. The first-order chi connectivity index (χ1) is 11.0. The molecule has 0 aromatic heterocycles. The minimum atomic E-state index is -0.0774. The van der Waals surface area contributed by atoms with Gasteiger partial charge in [0.25, 0.3) is 0 Å². The number of Topliss-reactive ketones (excluding diaryl/α,β-unsaturated/α-hetero) is 1. The topological polar surface area (TPSA) is 34.1 Å². The van der Waals surface area contributed by atoms with E-state index in [4.69, 9.17) is 0 Å². The van der Waals surface area contributed by atoms with E-state index in [0.29, 0.717) is 23.5 Å². The van der Waals surface area contributed by atoms with Crippen LogP contribution in [0.2, 0.25) is 0 Å². The van der Waals surface area contributed by atoms with Gasteiger partial charge in [-0.1, -0.05) is 24.6 Å². The first-order valence-corrected chi connectivity index (χ1v) is 9.10. The Morgan fingerprint density at radius 3 is 2.83 bits per heavy atom. The van der Waals surface area contributed by atoms with Gasteiger partial charge in [0, 0.05) is 17.3 Å². The van der Waals surface area contributed by atoms with Gasteiger partial charge >= 0.3 is 0 Å². The lowest BCUT2D eigenvalue weighted by Gasteiger charge is -2.56. The fourth-order valence-corrected chi connectivity index (χ4v) is 6.37. The van der Waals surface area contributed by atoms with E-state index in [1.165, 1.54) is 5.57 Å². The summed E-state index contributed by atoms with van der Waals surface area (Å²) in [6.45, 7) is 6.21. The summed E-state index contributed by atoms with van der Waals surface area (Å²) in [7, 11) is 0. The SMILES string of the molecule is C=CC[C@]12C=CC(=O)C=C1CC[C@H]1[C@@H]3CCC(=O)[C@@]3(C)CC[C@@H]12. The maximum atomic E-state index is 12.4. The van der Waals surface area contributed by atoms with Crippen molar-refractivity contribution in [2.24, 2.45) is 28.6 Å². The van der Waals surface area contributed by atoms with Crippen LogP contribution in [0.15, 0.2) is 36.5 Å². The van der Waals surface area contributed by atoms with E-state index in [9.17, 15) is 9.59 Å². The molecule has 122 valence electrons. The lowest BCUT2D eigenvalue weighted by molar-refractivity contribution is -0.131. The standard InChI is InChI=1S/C21H26O2/c1-3-10-21-12-8-15(22)13-14(21)4-5-16-17-6-7-19(23)20(17,2)11-9-18(16)21/h3,8,12-13,16-18H,1,4-7,9-11H2,2H3/t16-,17-,18-,20-,21-/m0/s1. The van der Waals surface area contributed by atoms with E-state index in [-0.39, 0.29) is 16.6 Å². The van der Waals surface area contributed by atoms with Crippen molar-refractivity contribution in [1.29, 1.82) is 0 Å². The van der Waals surface area contributed by atoms with Crippen molar-refractivity contribution in [3.8, 4) is 0 Å². The molecule has 0 amide bonds. The summed E-state index contributed by atoms with van der Waals surface area (Å²) >= 11 is 0. The van der Waals surface area contributed by atoms with Gasteiger partial charge in [-0.2, -0.15) is 0 Å². The molecule has 3 saturated carbocycles. The summed E-state index contributed by atoms with van der Waals surface area (Å²) in [6, 6.07) is 0. The molecule has 4 rings (SSSR count). The minimum Gasteiger partial charge on any atom is -0.299 e. The maximum Gasteiger partial charge on any atom is 0.178 e. The van der Waals surface area contributed by atoms with E-state index >= 15 is 0 Å². The third-order valence-electron chi connectivity index (χ3n) is 7.50. The molecule has 0 aromatic carbocycles. The fraction of sp³-hybridized carbons (Fsp3) is 0.619. The molecular weight excluding hydrogens is 284 g/mol. The van der Waals surface area contributed by atoms with Crippen molar-refractivity contribution in [1.82, 2.24) is 0 Å². The molecule has 2 nitrogen and oxygen atoms in total. The number of hydrogen-bond acceptors (Lipinski definition) is 2. The van der Waals surface area contributed by atoms with Gasteiger partial charge in [0.1, 0.15) is 5.78 Å². The van der Waals surface area contributed by atoms with Crippen LogP contribution in [-0.4, -0.2) is 11.6 Å². The third-order valence-corrected chi connectivity index (χ3v) is 7.50. The van der Waals surface area contributed by atoms with Gasteiger partial charge in [-0.05, 0) is 68.4 Å². The minimum absolute atomic E-state index is 0.00839. The summed E-state index contributed by atoms with van der Waals surface area (Å²) in [6.07, 6.45) is 14.9. The predicted molar refractivity (Wildman–Crippen MR) is 90.8 cm³/mol. The second kappa shape index (κ2) is 5.03. The first-order valence-electron chi connectivity index (χ1n) is 9.10. The molecule has 0 radical (unpaired) electrons. The van der Waals surface area contributed by atoms with Crippen LogP contribution in [0.4, 0.5) is 0 Å². The molecule has 0 spiro atoms. The van der Waals surface area contributed by atoms with Gasteiger partial charge in [-0.3, -0.25) is 9.59 Å². The molecule has 4 aliphatic carbocycles. The molecule has 0 aromatic rings. The number of fused-ring (bicyclic) bond motifs is 5. The Hall–Kier alpha value is -1.44. The zero-order chi connectivity index (χ0) is 16.2. The molecule has 0 unspecified atom stereocenters. The Morgan fingerprint density at radius 1 is 1.22 bits per heavy atom. The number of rotatable bonds is 2. The van der Waals surface area contributed by atoms with E-state index in [1.807, 2.05) is 12.2 Å². The van der Waals surface area contributed by atoms with E-state index in [0.717, 1.165) is 44.9 Å². The molecule has 0 heterocycles. The number of hydrogen-bond donors (Lipinski definition) is 0. The Bertz CT molecular complexity index is 640. The molecule has 0 N–H and O–H groups in total. The van der Waals surface area contributed by atoms with E-state index < -0.39 is 0 Å². The molecule has 0 saturated heterocycles. The Labute approximate surface area is 138 Å². The molecule has 0 aliphatic heterocycles. The third kappa shape index (κ3) is 1.93. The van der Waals surface area contributed by atoms with Crippen LogP contribution in [0.25, 0.3) is 0 Å². The lowest BCUT2D eigenvalue weighted by atomic mass is 9.47. The molecule has 4 aliphatic rings. The van der Waals surface area contributed by atoms with E-state index in [1.54, 1.807) is 6.08 Å². The van der Waals surface area contributed by atoms with Gasteiger partial charge in [0.2, 0.25) is 0 Å². The monoisotopic (exact) mass is 310 g/mol. The van der Waals surface area contributed by atoms with Gasteiger partial charge < -0.3 is 0 Å². The molecule has 3 fully saturated rings. The highest BCUT2D eigenvalue weighted by Gasteiger charge is 2.59.